The molecule has 1 atom stereocenters. The molecule has 4 rings (SSSR count). The van der Waals surface area contributed by atoms with Gasteiger partial charge in [0.2, 0.25) is 0 Å². The zero-order valence-electron chi connectivity index (χ0n) is 20.5. The van der Waals surface area contributed by atoms with E-state index in [0.717, 1.165) is 24.0 Å². The van der Waals surface area contributed by atoms with E-state index in [0.29, 0.717) is 60.2 Å². The van der Waals surface area contributed by atoms with Crippen LogP contribution in [0.2, 0.25) is 0 Å². The van der Waals surface area contributed by atoms with Gasteiger partial charge in [0.25, 0.3) is 5.91 Å². The molecule has 0 radical (unpaired) electrons. The number of benzene rings is 2. The van der Waals surface area contributed by atoms with Gasteiger partial charge in [-0.2, -0.15) is 5.10 Å². The minimum absolute atomic E-state index is 0.0252. The Kier molecular flexibility index (Phi) is 7.60. The minimum atomic E-state index is -0.457. The Balaban J connectivity index is 1.82. The van der Waals surface area contributed by atoms with Gasteiger partial charge in [-0.15, -0.1) is 0 Å². The number of rotatable bonds is 11. The summed E-state index contributed by atoms with van der Waals surface area (Å²) in [4.78, 5) is 15.1. The molecule has 186 valence electrons. The molecular formula is C27H33N3O5. The number of aromatic amines is 1. The largest absolute Gasteiger partial charge is 0.507 e. The van der Waals surface area contributed by atoms with Crippen LogP contribution in [0.1, 0.15) is 66.3 Å². The van der Waals surface area contributed by atoms with Crippen molar-refractivity contribution in [2.45, 2.75) is 46.1 Å². The second kappa shape index (κ2) is 10.8. The van der Waals surface area contributed by atoms with Gasteiger partial charge >= 0.3 is 0 Å². The summed E-state index contributed by atoms with van der Waals surface area (Å²) in [6.45, 7) is 7.40. The first-order valence-corrected chi connectivity index (χ1v) is 12.2. The molecule has 0 spiro atoms. The van der Waals surface area contributed by atoms with Crippen molar-refractivity contribution in [1.82, 2.24) is 15.1 Å². The highest BCUT2D eigenvalue weighted by Crippen LogP contribution is 2.46. The maximum absolute atomic E-state index is 13.4. The first-order valence-electron chi connectivity index (χ1n) is 12.2. The molecule has 0 bridgehead atoms. The van der Waals surface area contributed by atoms with E-state index in [-0.39, 0.29) is 18.3 Å². The average Bonchev–Trinajstić information content (AvgIpc) is 3.39. The van der Waals surface area contributed by atoms with E-state index in [9.17, 15) is 15.0 Å². The summed E-state index contributed by atoms with van der Waals surface area (Å²) >= 11 is 0. The number of aryl methyl sites for hydroxylation is 1. The number of phenolic OH excluding ortho intramolecular Hbond substituents is 1. The molecule has 1 aliphatic rings. The summed E-state index contributed by atoms with van der Waals surface area (Å²) < 4.78 is 11.8. The summed E-state index contributed by atoms with van der Waals surface area (Å²) in [6.07, 6.45) is 2.42. The molecule has 3 N–H and O–H groups in total. The number of nitrogens with zero attached hydrogens (tertiary/aromatic N) is 2. The fraction of sp³-hybridized carbons (Fsp3) is 0.407. The van der Waals surface area contributed by atoms with Crippen LogP contribution in [0.25, 0.3) is 11.3 Å². The van der Waals surface area contributed by atoms with Crippen LogP contribution in [-0.4, -0.2) is 57.6 Å². The summed E-state index contributed by atoms with van der Waals surface area (Å²) in [6, 6.07) is 10.6. The highest BCUT2D eigenvalue weighted by atomic mass is 16.5. The molecule has 2 heterocycles. The maximum Gasteiger partial charge on any atom is 0.273 e. The first kappa shape index (κ1) is 24.6. The fourth-order valence-electron chi connectivity index (χ4n) is 4.47. The van der Waals surface area contributed by atoms with E-state index < -0.39 is 6.04 Å². The Hall–Kier alpha value is -3.52. The number of carbonyl (C=O) groups is 1. The van der Waals surface area contributed by atoms with Crippen molar-refractivity contribution in [3.8, 4) is 28.5 Å². The van der Waals surface area contributed by atoms with Crippen LogP contribution in [-0.2, 0) is 0 Å². The van der Waals surface area contributed by atoms with Crippen LogP contribution >= 0.6 is 0 Å². The molecule has 1 amide bonds. The predicted octanol–water partition coefficient (Wildman–Crippen LogP) is 4.60. The number of hydrogen-bond donors (Lipinski definition) is 3. The Morgan fingerprint density at radius 2 is 1.91 bits per heavy atom. The molecule has 0 fully saturated rings. The third-order valence-electron chi connectivity index (χ3n) is 6.17. The van der Waals surface area contributed by atoms with Crippen molar-refractivity contribution in [1.29, 1.82) is 0 Å². The Morgan fingerprint density at radius 3 is 2.66 bits per heavy atom. The number of unbranched alkanes of at least 4 members (excludes halogenated alkanes) is 1. The van der Waals surface area contributed by atoms with E-state index >= 15 is 0 Å². The molecule has 2 aromatic carbocycles. The van der Waals surface area contributed by atoms with Crippen molar-refractivity contribution in [2.75, 3.05) is 26.4 Å². The number of ether oxygens (including phenoxy) is 2. The van der Waals surface area contributed by atoms with Crippen LogP contribution in [0.3, 0.4) is 0 Å². The Bertz CT molecular complexity index is 1190. The van der Waals surface area contributed by atoms with E-state index in [1.54, 1.807) is 11.0 Å². The van der Waals surface area contributed by atoms with Gasteiger partial charge in [-0.3, -0.25) is 9.89 Å². The van der Waals surface area contributed by atoms with Crippen molar-refractivity contribution in [2.24, 2.45) is 0 Å². The first-order chi connectivity index (χ1) is 17.0. The molecule has 35 heavy (non-hydrogen) atoms. The SMILES string of the molecule is CCCCOc1ccc([C@H]2c3c(-c4cc(C)ccc4O)n[nH]c3C(=O)N2CCCO)cc1OCC. The molecule has 8 nitrogen and oxygen atoms in total. The Morgan fingerprint density at radius 1 is 1.09 bits per heavy atom. The lowest BCUT2D eigenvalue weighted by Gasteiger charge is -2.27. The molecule has 0 unspecified atom stereocenters. The van der Waals surface area contributed by atoms with Crippen LogP contribution in [0.15, 0.2) is 36.4 Å². The number of carbonyl (C=O) groups excluding carboxylic acids is 1. The van der Waals surface area contributed by atoms with Crippen LogP contribution in [0, 0.1) is 6.92 Å². The van der Waals surface area contributed by atoms with Crippen molar-refractivity contribution >= 4 is 5.91 Å². The minimum Gasteiger partial charge on any atom is -0.507 e. The smallest absolute Gasteiger partial charge is 0.273 e. The van der Waals surface area contributed by atoms with Gasteiger partial charge < -0.3 is 24.6 Å². The van der Waals surface area contributed by atoms with Gasteiger partial charge in [-0.1, -0.05) is 31.0 Å². The van der Waals surface area contributed by atoms with Gasteiger partial charge in [-0.05, 0) is 56.5 Å². The van der Waals surface area contributed by atoms with Gasteiger partial charge in [0.1, 0.15) is 17.1 Å². The lowest BCUT2D eigenvalue weighted by molar-refractivity contribution is 0.0732. The quantitative estimate of drug-likeness (QED) is 0.347. The van der Waals surface area contributed by atoms with Gasteiger partial charge in [0, 0.05) is 24.3 Å². The molecule has 0 aliphatic carbocycles. The number of phenols is 1. The summed E-state index contributed by atoms with van der Waals surface area (Å²) in [5.74, 6) is 1.19. The lowest BCUT2D eigenvalue weighted by atomic mass is 9.94. The number of aliphatic hydroxyl groups is 1. The normalized spacial score (nSPS) is 14.9. The number of amides is 1. The van der Waals surface area contributed by atoms with Crippen molar-refractivity contribution in [3.05, 3.63) is 58.8 Å². The lowest BCUT2D eigenvalue weighted by Crippen LogP contribution is -2.31. The topological polar surface area (TPSA) is 108 Å². The number of aliphatic hydroxyl groups excluding tert-OH is 1. The summed E-state index contributed by atoms with van der Waals surface area (Å²) in [5, 5.41) is 27.4. The zero-order chi connectivity index (χ0) is 24.9. The van der Waals surface area contributed by atoms with E-state index in [4.69, 9.17) is 9.47 Å². The van der Waals surface area contributed by atoms with Crippen molar-refractivity contribution in [3.63, 3.8) is 0 Å². The number of hydrogen-bond acceptors (Lipinski definition) is 6. The maximum atomic E-state index is 13.4. The number of H-pyrrole nitrogens is 1. The monoisotopic (exact) mass is 479 g/mol. The highest BCUT2D eigenvalue weighted by molar-refractivity contribution is 6.00. The fourth-order valence-corrected chi connectivity index (χ4v) is 4.47. The molecule has 1 aromatic heterocycles. The molecule has 0 saturated heterocycles. The molecule has 8 heteroatoms. The number of nitrogens with one attached hydrogen (secondary N) is 1. The van der Waals surface area contributed by atoms with Gasteiger partial charge in [0.05, 0.1) is 19.3 Å². The Labute approximate surface area is 205 Å². The zero-order valence-corrected chi connectivity index (χ0v) is 20.5. The van der Waals surface area contributed by atoms with E-state index in [1.807, 2.05) is 44.2 Å². The summed E-state index contributed by atoms with van der Waals surface area (Å²) in [7, 11) is 0. The highest BCUT2D eigenvalue weighted by Gasteiger charge is 2.42. The van der Waals surface area contributed by atoms with Crippen LogP contribution < -0.4 is 9.47 Å². The summed E-state index contributed by atoms with van der Waals surface area (Å²) in [5.41, 5.74) is 4.01. The number of aromatic hydroxyl groups is 1. The number of aromatic nitrogens is 2. The van der Waals surface area contributed by atoms with Crippen molar-refractivity contribution < 1.29 is 24.5 Å². The predicted molar refractivity (Wildman–Crippen MR) is 133 cm³/mol. The third kappa shape index (κ3) is 4.84. The van der Waals surface area contributed by atoms with Crippen LogP contribution in [0.5, 0.6) is 17.2 Å². The van der Waals surface area contributed by atoms with E-state index in [1.165, 1.54) is 0 Å². The molecule has 1 aliphatic heterocycles. The van der Waals surface area contributed by atoms with Crippen LogP contribution in [0.4, 0.5) is 0 Å². The standard InChI is InChI=1S/C27H33N3O5/c1-4-6-14-35-21-11-9-18(16-22(21)34-5-2)26-23-24(19-15-17(3)8-10-20(19)32)28-29-25(23)27(33)30(26)12-7-13-31/h8-11,15-16,26,31-32H,4-7,12-14H2,1-3H3,(H,28,29)/t26-/m0/s1. The third-order valence-corrected chi connectivity index (χ3v) is 6.17. The molecular weight excluding hydrogens is 446 g/mol. The second-order valence-electron chi connectivity index (χ2n) is 8.70. The average molecular weight is 480 g/mol. The van der Waals surface area contributed by atoms with E-state index in [2.05, 4.69) is 17.1 Å². The number of fused-ring (bicyclic) bond motifs is 1. The van der Waals surface area contributed by atoms with Gasteiger partial charge in [0.15, 0.2) is 11.5 Å². The second-order valence-corrected chi connectivity index (χ2v) is 8.70. The molecule has 3 aromatic rings. The molecule has 0 saturated carbocycles. The van der Waals surface area contributed by atoms with Gasteiger partial charge in [-0.25, -0.2) is 0 Å².